The summed E-state index contributed by atoms with van der Waals surface area (Å²) in [5.74, 6) is 0.124. The number of amides is 2. The summed E-state index contributed by atoms with van der Waals surface area (Å²) in [6, 6.07) is 10.6. The van der Waals surface area contributed by atoms with E-state index >= 15 is 0 Å². The SMILES string of the molecule is CC.CCC.CCN(C(=N)c1ccc(C)cc1)C(=O)NC/C(N)=C1\CCC(C)(O)CC1=NCc1ncccc1Cl. The van der Waals surface area contributed by atoms with Crippen molar-refractivity contribution < 1.29 is 9.90 Å². The predicted octanol–water partition coefficient (Wildman–Crippen LogP) is 6.63. The van der Waals surface area contributed by atoms with Gasteiger partial charge in [-0.15, -0.1) is 0 Å². The monoisotopic (exact) mass is 570 g/mol. The maximum Gasteiger partial charge on any atom is 0.323 e. The second-order valence-electron chi connectivity index (χ2n) is 9.70. The molecule has 9 heteroatoms. The van der Waals surface area contributed by atoms with Crippen LogP contribution in [0.25, 0.3) is 0 Å². The molecule has 0 saturated heterocycles. The smallest absolute Gasteiger partial charge is 0.323 e. The van der Waals surface area contributed by atoms with E-state index in [1.807, 2.05) is 52.0 Å². The lowest BCUT2D eigenvalue weighted by Crippen LogP contribution is -2.45. The van der Waals surface area contributed by atoms with Crippen molar-refractivity contribution in [3.63, 3.8) is 0 Å². The van der Waals surface area contributed by atoms with E-state index < -0.39 is 11.6 Å². The van der Waals surface area contributed by atoms with Gasteiger partial charge in [0, 0.05) is 36.1 Å². The molecule has 0 bridgehead atoms. The standard InChI is InChI=1S/C26H33ClN6O2.C3H8.C2H6/c1-4-33(24(29)18-9-7-17(2)8-10-18)25(34)32-15-21(28)19-11-12-26(3,35)14-22(19)31-16-23-20(27)6-5-13-30-23;1-3-2;1-2/h5-10,13,29,35H,4,11-12,14-16,28H2,1-3H3,(H,32,34);3H2,1-2H3;1-2H3/b21-19-,29-24?,31-22?;;. The predicted molar refractivity (Wildman–Crippen MR) is 167 cm³/mol. The van der Waals surface area contributed by atoms with E-state index in [1.165, 1.54) is 11.3 Å². The van der Waals surface area contributed by atoms with Gasteiger partial charge in [0.2, 0.25) is 0 Å². The highest BCUT2D eigenvalue weighted by molar-refractivity contribution is 6.31. The number of hydrogen-bond acceptors (Lipinski definition) is 6. The largest absolute Gasteiger partial charge is 0.400 e. The van der Waals surface area contributed by atoms with Crippen LogP contribution in [0.1, 0.15) is 84.0 Å². The third kappa shape index (κ3) is 10.7. The number of nitrogens with two attached hydrogens (primary N) is 1. The quantitative estimate of drug-likeness (QED) is 0.229. The molecule has 40 heavy (non-hydrogen) atoms. The number of nitrogens with one attached hydrogen (secondary N) is 2. The molecule has 3 rings (SSSR count). The number of carbonyl (C=O) groups excluding carboxylic acids is 1. The molecule has 5 N–H and O–H groups in total. The molecule has 1 atom stereocenters. The minimum Gasteiger partial charge on any atom is -0.400 e. The zero-order valence-corrected chi connectivity index (χ0v) is 25.9. The number of urea groups is 1. The van der Waals surface area contributed by atoms with Gasteiger partial charge in [0.15, 0.2) is 0 Å². The van der Waals surface area contributed by atoms with Gasteiger partial charge in [0.25, 0.3) is 0 Å². The fraction of sp³-hybridized carbons (Fsp3) is 0.484. The van der Waals surface area contributed by atoms with E-state index in [0.29, 0.717) is 53.5 Å². The van der Waals surface area contributed by atoms with Gasteiger partial charge in [-0.1, -0.05) is 75.5 Å². The molecule has 1 aliphatic rings. The number of aryl methyl sites for hydroxylation is 1. The zero-order valence-electron chi connectivity index (χ0n) is 25.1. The number of amidine groups is 1. The fourth-order valence-electron chi connectivity index (χ4n) is 3.94. The summed E-state index contributed by atoms with van der Waals surface area (Å²) < 4.78 is 0. The highest BCUT2D eigenvalue weighted by Gasteiger charge is 2.31. The van der Waals surface area contributed by atoms with E-state index in [0.717, 1.165) is 11.1 Å². The number of aliphatic hydroxyl groups is 1. The molecule has 1 aliphatic carbocycles. The lowest BCUT2D eigenvalue weighted by molar-refractivity contribution is 0.0547. The summed E-state index contributed by atoms with van der Waals surface area (Å²) in [4.78, 5) is 23.2. The first-order valence-electron chi connectivity index (χ1n) is 14.1. The van der Waals surface area contributed by atoms with Crippen LogP contribution in [0.4, 0.5) is 4.79 Å². The van der Waals surface area contributed by atoms with Crippen molar-refractivity contribution in [2.45, 2.75) is 86.3 Å². The first-order valence-corrected chi connectivity index (χ1v) is 14.4. The summed E-state index contributed by atoms with van der Waals surface area (Å²) in [7, 11) is 0. The molecule has 2 amide bonds. The Morgan fingerprint density at radius 3 is 2.42 bits per heavy atom. The average molecular weight is 571 g/mol. The second kappa shape index (κ2) is 17.5. The fourth-order valence-corrected chi connectivity index (χ4v) is 4.12. The van der Waals surface area contributed by atoms with Crippen molar-refractivity contribution in [1.82, 2.24) is 15.2 Å². The van der Waals surface area contributed by atoms with E-state index in [9.17, 15) is 9.90 Å². The Kier molecular flexibility index (Phi) is 15.2. The Balaban J connectivity index is 0.00000150. The Morgan fingerprint density at radius 2 is 1.85 bits per heavy atom. The first kappa shape index (κ1) is 34.8. The van der Waals surface area contributed by atoms with Crippen LogP contribution in [-0.4, -0.2) is 51.3 Å². The Hall–Kier alpha value is -3.23. The number of aromatic nitrogens is 1. The van der Waals surface area contributed by atoms with Gasteiger partial charge in [0.05, 0.1) is 29.4 Å². The molecule has 8 nitrogen and oxygen atoms in total. The first-order chi connectivity index (χ1) is 19.0. The normalized spacial score (nSPS) is 18.5. The molecular formula is C31H47ClN6O2. The molecular weight excluding hydrogens is 524 g/mol. The van der Waals surface area contributed by atoms with Gasteiger partial charge in [-0.05, 0) is 51.3 Å². The number of benzene rings is 1. The number of carbonyl (C=O) groups is 1. The number of pyridine rings is 1. The van der Waals surface area contributed by atoms with Crippen LogP contribution >= 0.6 is 11.6 Å². The Bertz CT molecular complexity index is 1160. The summed E-state index contributed by atoms with van der Waals surface area (Å²) in [6.07, 6.45) is 4.34. The number of rotatable bonds is 6. The van der Waals surface area contributed by atoms with Crippen molar-refractivity contribution in [3.05, 3.63) is 75.7 Å². The van der Waals surface area contributed by atoms with E-state index in [1.54, 1.807) is 25.3 Å². The topological polar surface area (TPSA) is 128 Å². The van der Waals surface area contributed by atoms with Crippen LogP contribution in [0.5, 0.6) is 0 Å². The molecule has 1 aromatic carbocycles. The van der Waals surface area contributed by atoms with Gasteiger partial charge in [-0.2, -0.15) is 0 Å². The van der Waals surface area contributed by atoms with Crippen LogP contribution < -0.4 is 11.1 Å². The van der Waals surface area contributed by atoms with E-state index in [4.69, 9.17) is 22.7 Å². The lowest BCUT2D eigenvalue weighted by atomic mass is 9.81. The number of nitrogens with zero attached hydrogens (tertiary/aromatic N) is 3. The van der Waals surface area contributed by atoms with Gasteiger partial charge < -0.3 is 16.2 Å². The van der Waals surface area contributed by atoms with Crippen LogP contribution in [0, 0.1) is 12.3 Å². The average Bonchev–Trinajstić information content (AvgIpc) is 2.93. The molecule has 1 fully saturated rings. The molecule has 0 radical (unpaired) electrons. The van der Waals surface area contributed by atoms with Crippen molar-refractivity contribution in [1.29, 1.82) is 5.41 Å². The second-order valence-corrected chi connectivity index (χ2v) is 10.1. The molecule has 0 spiro atoms. The summed E-state index contributed by atoms with van der Waals surface area (Å²) in [5, 5.41) is 22.4. The highest BCUT2D eigenvalue weighted by Crippen LogP contribution is 2.31. The van der Waals surface area contributed by atoms with Gasteiger partial charge >= 0.3 is 6.03 Å². The number of allylic oxidation sites excluding steroid dienone is 1. The summed E-state index contributed by atoms with van der Waals surface area (Å²) in [5.41, 5.74) is 9.91. The van der Waals surface area contributed by atoms with Gasteiger partial charge in [0.1, 0.15) is 5.84 Å². The van der Waals surface area contributed by atoms with Crippen LogP contribution in [-0.2, 0) is 6.54 Å². The number of hydrogen-bond donors (Lipinski definition) is 4. The number of halogens is 1. The van der Waals surface area contributed by atoms with Crippen LogP contribution in [0.15, 0.2) is 58.9 Å². The third-order valence-electron chi connectivity index (χ3n) is 6.04. The van der Waals surface area contributed by atoms with E-state index in [-0.39, 0.29) is 18.9 Å². The van der Waals surface area contributed by atoms with E-state index in [2.05, 4.69) is 29.1 Å². The molecule has 220 valence electrons. The number of aliphatic imine (C=N–C) groups is 1. The summed E-state index contributed by atoms with van der Waals surface area (Å²) in [6.45, 7) is 14.5. The van der Waals surface area contributed by atoms with Crippen molar-refractivity contribution >= 4 is 29.2 Å². The minimum atomic E-state index is -0.887. The molecule has 0 aliphatic heterocycles. The molecule has 1 heterocycles. The molecule has 1 saturated carbocycles. The zero-order chi connectivity index (χ0) is 30.3. The van der Waals surface area contributed by atoms with Gasteiger partial charge in [-0.3, -0.25) is 20.3 Å². The molecule has 1 unspecified atom stereocenters. The van der Waals surface area contributed by atoms with Gasteiger partial charge in [-0.25, -0.2) is 4.79 Å². The maximum absolute atomic E-state index is 12.9. The maximum atomic E-state index is 12.9. The highest BCUT2D eigenvalue weighted by atomic mass is 35.5. The lowest BCUT2D eigenvalue weighted by Gasteiger charge is -2.32. The van der Waals surface area contributed by atoms with Crippen molar-refractivity contribution in [2.75, 3.05) is 13.1 Å². The summed E-state index contributed by atoms with van der Waals surface area (Å²) >= 11 is 6.21. The Morgan fingerprint density at radius 1 is 1.23 bits per heavy atom. The van der Waals surface area contributed by atoms with Crippen LogP contribution in [0.3, 0.4) is 0 Å². The molecule has 1 aromatic heterocycles. The Labute approximate surface area is 245 Å². The minimum absolute atomic E-state index is 0.108. The third-order valence-corrected chi connectivity index (χ3v) is 6.38. The van der Waals surface area contributed by atoms with Crippen molar-refractivity contribution in [3.8, 4) is 0 Å². The molecule has 2 aromatic rings. The van der Waals surface area contributed by atoms with Crippen molar-refractivity contribution in [2.24, 2.45) is 10.7 Å². The van der Waals surface area contributed by atoms with Crippen LogP contribution in [0.2, 0.25) is 5.02 Å².